The average Bonchev–Trinajstić information content (AvgIpc) is 2.73. The maximum absolute atomic E-state index is 12.9. The number of hydrogen-bond donors (Lipinski definition) is 0. The monoisotopic (exact) mass is 388 g/mol. The summed E-state index contributed by atoms with van der Waals surface area (Å²) in [6.45, 7) is 3.68. The summed E-state index contributed by atoms with van der Waals surface area (Å²) < 4.78 is 0. The molecule has 3 rings (SSSR count). The van der Waals surface area contributed by atoms with E-state index < -0.39 is 4.92 Å². The molecular formula is C20H28N4O4. The van der Waals surface area contributed by atoms with Crippen molar-refractivity contribution >= 4 is 23.2 Å². The zero-order valence-electron chi connectivity index (χ0n) is 16.6. The van der Waals surface area contributed by atoms with Crippen molar-refractivity contribution in [2.24, 2.45) is 0 Å². The molecule has 0 unspecified atom stereocenters. The van der Waals surface area contributed by atoms with Gasteiger partial charge in [-0.25, -0.2) is 0 Å². The highest BCUT2D eigenvalue weighted by Gasteiger charge is 2.28. The number of anilines is 1. The van der Waals surface area contributed by atoms with E-state index in [-0.39, 0.29) is 23.5 Å². The van der Waals surface area contributed by atoms with Crippen LogP contribution in [0.2, 0.25) is 0 Å². The van der Waals surface area contributed by atoms with Crippen LogP contribution in [0, 0.1) is 10.1 Å². The van der Waals surface area contributed by atoms with E-state index in [9.17, 15) is 19.7 Å². The molecule has 1 aromatic rings. The molecule has 152 valence electrons. The Morgan fingerprint density at radius 2 is 1.75 bits per heavy atom. The van der Waals surface area contributed by atoms with Gasteiger partial charge in [-0.2, -0.15) is 0 Å². The van der Waals surface area contributed by atoms with Gasteiger partial charge in [-0.1, -0.05) is 19.3 Å². The van der Waals surface area contributed by atoms with Crippen LogP contribution >= 0.6 is 0 Å². The van der Waals surface area contributed by atoms with Gasteiger partial charge < -0.3 is 14.7 Å². The van der Waals surface area contributed by atoms with Crippen LogP contribution in [-0.4, -0.2) is 65.8 Å². The van der Waals surface area contributed by atoms with Crippen molar-refractivity contribution in [3.8, 4) is 0 Å². The predicted octanol–water partition coefficient (Wildman–Crippen LogP) is 2.67. The predicted molar refractivity (Wildman–Crippen MR) is 107 cm³/mol. The van der Waals surface area contributed by atoms with Crippen molar-refractivity contribution < 1.29 is 14.5 Å². The van der Waals surface area contributed by atoms with Gasteiger partial charge in [0.25, 0.3) is 11.6 Å². The Hall–Kier alpha value is -2.64. The number of benzene rings is 1. The Balaban J connectivity index is 1.78. The number of amides is 2. The number of nitro benzene ring substituents is 1. The van der Waals surface area contributed by atoms with Crippen LogP contribution in [0.5, 0.6) is 0 Å². The molecule has 1 saturated heterocycles. The quantitative estimate of drug-likeness (QED) is 0.585. The second-order valence-corrected chi connectivity index (χ2v) is 7.66. The molecule has 0 spiro atoms. The molecule has 0 N–H and O–H groups in total. The van der Waals surface area contributed by atoms with Crippen molar-refractivity contribution in [3.05, 3.63) is 33.9 Å². The van der Waals surface area contributed by atoms with E-state index in [0.29, 0.717) is 37.4 Å². The largest absolute Gasteiger partial charge is 0.362 e. The van der Waals surface area contributed by atoms with E-state index in [0.717, 1.165) is 25.7 Å². The molecule has 2 aliphatic rings. The molecule has 1 aliphatic carbocycles. The zero-order chi connectivity index (χ0) is 20.3. The molecule has 0 radical (unpaired) electrons. The van der Waals surface area contributed by atoms with Gasteiger partial charge in [0.1, 0.15) is 5.69 Å². The van der Waals surface area contributed by atoms with Crippen LogP contribution in [0.15, 0.2) is 18.2 Å². The summed E-state index contributed by atoms with van der Waals surface area (Å²) in [4.78, 5) is 41.0. The van der Waals surface area contributed by atoms with Crippen LogP contribution in [-0.2, 0) is 4.79 Å². The van der Waals surface area contributed by atoms with Gasteiger partial charge in [-0.05, 0) is 25.0 Å². The highest BCUT2D eigenvalue weighted by atomic mass is 16.6. The summed E-state index contributed by atoms with van der Waals surface area (Å²) in [6, 6.07) is 4.96. The highest BCUT2D eigenvalue weighted by Crippen LogP contribution is 2.31. The summed E-state index contributed by atoms with van der Waals surface area (Å²) in [6.07, 6.45) is 5.42. The number of nitro groups is 1. The maximum Gasteiger partial charge on any atom is 0.293 e. The normalized spacial score (nSPS) is 18.1. The topological polar surface area (TPSA) is 87.0 Å². The van der Waals surface area contributed by atoms with E-state index in [4.69, 9.17) is 0 Å². The molecule has 0 bridgehead atoms. The molecule has 28 heavy (non-hydrogen) atoms. The van der Waals surface area contributed by atoms with Crippen LogP contribution in [0.3, 0.4) is 0 Å². The first-order valence-electron chi connectivity index (χ1n) is 9.94. The first-order chi connectivity index (χ1) is 13.4. The lowest BCUT2D eigenvalue weighted by atomic mass is 9.94. The van der Waals surface area contributed by atoms with Crippen LogP contribution in [0.25, 0.3) is 0 Å². The first-order valence-corrected chi connectivity index (χ1v) is 9.94. The molecule has 8 heteroatoms. The zero-order valence-corrected chi connectivity index (χ0v) is 16.6. The fourth-order valence-electron chi connectivity index (χ4n) is 4.17. The molecule has 1 aromatic carbocycles. The van der Waals surface area contributed by atoms with Gasteiger partial charge >= 0.3 is 0 Å². The van der Waals surface area contributed by atoms with Gasteiger partial charge in [-0.15, -0.1) is 0 Å². The molecule has 8 nitrogen and oxygen atoms in total. The van der Waals surface area contributed by atoms with Gasteiger partial charge in [0.05, 0.1) is 4.92 Å². The fraction of sp³-hybridized carbons (Fsp3) is 0.600. The summed E-state index contributed by atoms with van der Waals surface area (Å²) in [5.74, 6) is -0.149. The summed E-state index contributed by atoms with van der Waals surface area (Å²) in [5, 5.41) is 11.7. The lowest BCUT2D eigenvalue weighted by Crippen LogP contribution is -2.48. The van der Waals surface area contributed by atoms with E-state index in [1.807, 2.05) is 4.90 Å². The maximum atomic E-state index is 12.9. The minimum Gasteiger partial charge on any atom is -0.362 e. The fourth-order valence-corrected chi connectivity index (χ4v) is 4.17. The summed E-state index contributed by atoms with van der Waals surface area (Å²) in [5.41, 5.74) is 0.801. The van der Waals surface area contributed by atoms with Crippen molar-refractivity contribution in [2.45, 2.75) is 45.1 Å². The van der Waals surface area contributed by atoms with Gasteiger partial charge in [0.2, 0.25) is 5.91 Å². The number of hydrogen-bond acceptors (Lipinski definition) is 5. The van der Waals surface area contributed by atoms with E-state index >= 15 is 0 Å². The van der Waals surface area contributed by atoms with Crippen molar-refractivity contribution in [1.82, 2.24) is 9.80 Å². The Morgan fingerprint density at radius 1 is 1.11 bits per heavy atom. The van der Waals surface area contributed by atoms with Crippen molar-refractivity contribution in [2.75, 3.05) is 38.1 Å². The molecular weight excluding hydrogens is 360 g/mol. The third-order valence-electron chi connectivity index (χ3n) is 5.93. The highest BCUT2D eigenvalue weighted by molar-refractivity contribution is 5.96. The smallest absolute Gasteiger partial charge is 0.293 e. The standard InChI is InChI=1S/C20H28N4O4/c1-15(25)22-10-12-23(13-11-22)18-9-8-16(14-19(18)24(27)28)20(26)21(2)17-6-4-3-5-7-17/h8-9,14,17H,3-7,10-13H2,1-2H3. The Morgan fingerprint density at radius 3 is 2.32 bits per heavy atom. The SMILES string of the molecule is CC(=O)N1CCN(c2ccc(C(=O)N(C)C3CCCCC3)cc2[N+](=O)[O-])CC1. The average molecular weight is 388 g/mol. The first kappa shape index (κ1) is 20.1. The number of nitrogens with zero attached hydrogens (tertiary/aromatic N) is 4. The van der Waals surface area contributed by atoms with Crippen molar-refractivity contribution in [1.29, 1.82) is 0 Å². The Bertz CT molecular complexity index is 753. The molecule has 2 fully saturated rings. The third-order valence-corrected chi connectivity index (χ3v) is 5.93. The van der Waals surface area contributed by atoms with E-state index in [2.05, 4.69) is 0 Å². The lowest BCUT2D eigenvalue weighted by Gasteiger charge is -2.35. The van der Waals surface area contributed by atoms with Crippen LogP contribution in [0.1, 0.15) is 49.4 Å². The van der Waals surface area contributed by atoms with Gasteiger partial charge in [0.15, 0.2) is 0 Å². The summed E-state index contributed by atoms with van der Waals surface area (Å²) >= 11 is 0. The second kappa shape index (κ2) is 8.58. The molecule has 1 saturated carbocycles. The Kier molecular flexibility index (Phi) is 6.16. The number of rotatable bonds is 4. The Labute approximate surface area is 165 Å². The minimum atomic E-state index is -0.427. The van der Waals surface area contributed by atoms with E-state index in [1.165, 1.54) is 19.4 Å². The van der Waals surface area contributed by atoms with Gasteiger partial charge in [-0.3, -0.25) is 19.7 Å². The minimum absolute atomic E-state index is 0.0147. The van der Waals surface area contributed by atoms with Crippen LogP contribution < -0.4 is 4.90 Å². The van der Waals surface area contributed by atoms with Gasteiger partial charge in [0, 0.05) is 57.8 Å². The summed E-state index contributed by atoms with van der Waals surface area (Å²) in [7, 11) is 1.79. The van der Waals surface area contributed by atoms with E-state index in [1.54, 1.807) is 29.0 Å². The third kappa shape index (κ3) is 4.26. The molecule has 1 heterocycles. The molecule has 0 aromatic heterocycles. The number of piperazine rings is 1. The number of carbonyl (C=O) groups excluding carboxylic acids is 2. The molecule has 2 amide bonds. The number of carbonyl (C=O) groups is 2. The molecule has 1 aliphatic heterocycles. The second-order valence-electron chi connectivity index (χ2n) is 7.66. The van der Waals surface area contributed by atoms with Crippen molar-refractivity contribution in [3.63, 3.8) is 0 Å². The molecule has 0 atom stereocenters. The lowest BCUT2D eigenvalue weighted by molar-refractivity contribution is -0.384. The van der Waals surface area contributed by atoms with Crippen LogP contribution in [0.4, 0.5) is 11.4 Å².